The monoisotopic (exact) mass is 369 g/mol. The second-order valence-electron chi connectivity index (χ2n) is 2.71. The lowest BCUT2D eigenvalue weighted by Gasteiger charge is -2.15. The summed E-state index contributed by atoms with van der Waals surface area (Å²) < 4.78 is 69.2. The van der Waals surface area contributed by atoms with E-state index in [4.69, 9.17) is 0 Å². The summed E-state index contributed by atoms with van der Waals surface area (Å²) in [6.07, 6.45) is -7.33. The Balaban J connectivity index is 3.28. The van der Waals surface area contributed by atoms with Crippen molar-refractivity contribution in [3.63, 3.8) is 0 Å². The van der Waals surface area contributed by atoms with E-state index in [-0.39, 0.29) is 3.70 Å². The number of alkyl halides is 5. The average Bonchev–Trinajstić information content (AvgIpc) is 2.17. The van der Waals surface area contributed by atoms with Crippen molar-refractivity contribution in [3.05, 3.63) is 15.5 Å². The molecular formula is C8H5F5INO2. The molecule has 0 amide bonds. The molecule has 0 aliphatic rings. The minimum atomic E-state index is -5.00. The van der Waals surface area contributed by atoms with E-state index in [1.165, 1.54) is 22.6 Å². The van der Waals surface area contributed by atoms with Crippen molar-refractivity contribution in [2.75, 3.05) is 7.11 Å². The zero-order valence-corrected chi connectivity index (χ0v) is 10.3. The van der Waals surface area contributed by atoms with Gasteiger partial charge in [-0.2, -0.15) is 0 Å². The second-order valence-corrected chi connectivity index (χ2v) is 3.73. The smallest absolute Gasteiger partial charge is 0.492 e. The molecule has 0 spiro atoms. The van der Waals surface area contributed by atoms with Gasteiger partial charge in [0.2, 0.25) is 0 Å². The number of rotatable bonds is 3. The van der Waals surface area contributed by atoms with Gasteiger partial charge in [-0.1, -0.05) is 0 Å². The van der Waals surface area contributed by atoms with E-state index in [2.05, 4.69) is 14.5 Å². The van der Waals surface area contributed by atoms with Gasteiger partial charge in [0.15, 0.2) is 11.5 Å². The summed E-state index contributed by atoms with van der Waals surface area (Å²) in [4.78, 5) is 3.39. The van der Waals surface area contributed by atoms with Gasteiger partial charge in [0.1, 0.15) is 3.70 Å². The van der Waals surface area contributed by atoms with E-state index in [0.717, 1.165) is 7.11 Å². The van der Waals surface area contributed by atoms with Crippen molar-refractivity contribution < 1.29 is 31.4 Å². The van der Waals surface area contributed by atoms with Crippen molar-refractivity contribution >= 4 is 22.6 Å². The van der Waals surface area contributed by atoms with Gasteiger partial charge in [-0.05, 0) is 22.6 Å². The van der Waals surface area contributed by atoms with Gasteiger partial charge in [0.25, 0.3) is 6.43 Å². The summed E-state index contributed by atoms with van der Waals surface area (Å²) in [5.74, 6) is -1.56. The SMILES string of the molecule is COc1c(OC(F)(F)F)cnc(I)c1C(F)F. The third-order valence-electron chi connectivity index (χ3n) is 1.63. The molecule has 0 aliphatic heterocycles. The lowest BCUT2D eigenvalue weighted by Crippen LogP contribution is -2.18. The Morgan fingerprint density at radius 1 is 1.35 bits per heavy atom. The van der Waals surface area contributed by atoms with E-state index in [9.17, 15) is 22.0 Å². The molecule has 1 rings (SSSR count). The molecule has 0 fully saturated rings. The van der Waals surface area contributed by atoms with E-state index in [1.54, 1.807) is 0 Å². The summed E-state index contributed by atoms with van der Waals surface area (Å²) in [5, 5.41) is 0. The standard InChI is InChI=1S/C8H5F5INO2/c1-16-5-3(17-8(11,12)13)2-15-7(14)4(5)6(9)10/h2,6H,1H3. The van der Waals surface area contributed by atoms with E-state index in [1.807, 2.05) is 0 Å². The normalized spacial score (nSPS) is 11.8. The van der Waals surface area contributed by atoms with E-state index >= 15 is 0 Å². The molecule has 0 N–H and O–H groups in total. The fourth-order valence-corrected chi connectivity index (χ4v) is 1.69. The molecule has 1 aromatic heterocycles. The number of hydrogen-bond donors (Lipinski definition) is 0. The van der Waals surface area contributed by atoms with Crippen LogP contribution in [0.4, 0.5) is 22.0 Å². The van der Waals surface area contributed by atoms with Crippen LogP contribution in [0.15, 0.2) is 6.20 Å². The average molecular weight is 369 g/mol. The Kier molecular flexibility index (Phi) is 4.33. The number of halogens is 6. The fraction of sp³-hybridized carbons (Fsp3) is 0.375. The Bertz CT molecular complexity index is 410. The van der Waals surface area contributed by atoms with Crippen molar-refractivity contribution in [1.29, 1.82) is 0 Å². The van der Waals surface area contributed by atoms with Crippen LogP contribution in [0.1, 0.15) is 12.0 Å². The molecular weight excluding hydrogens is 364 g/mol. The molecule has 0 unspecified atom stereocenters. The lowest BCUT2D eigenvalue weighted by molar-refractivity contribution is -0.275. The number of hydrogen-bond acceptors (Lipinski definition) is 3. The maximum atomic E-state index is 12.6. The lowest BCUT2D eigenvalue weighted by atomic mass is 10.2. The van der Waals surface area contributed by atoms with Gasteiger partial charge in [0.05, 0.1) is 18.9 Å². The van der Waals surface area contributed by atoms with Crippen LogP contribution in [0.25, 0.3) is 0 Å². The third kappa shape index (κ3) is 3.54. The van der Waals surface area contributed by atoms with Crippen molar-refractivity contribution in [3.8, 4) is 11.5 Å². The Morgan fingerprint density at radius 3 is 2.35 bits per heavy atom. The first-order valence-corrected chi connectivity index (χ1v) is 5.10. The highest BCUT2D eigenvalue weighted by molar-refractivity contribution is 14.1. The Hall–Kier alpha value is -0.870. The van der Waals surface area contributed by atoms with Crippen LogP contribution in [0.3, 0.4) is 0 Å². The first-order chi connectivity index (χ1) is 7.76. The quantitative estimate of drug-likeness (QED) is 0.464. The first-order valence-electron chi connectivity index (χ1n) is 4.02. The number of nitrogens with zero attached hydrogens (tertiary/aromatic N) is 1. The van der Waals surface area contributed by atoms with Gasteiger partial charge < -0.3 is 9.47 Å². The van der Waals surface area contributed by atoms with Gasteiger partial charge in [-0.15, -0.1) is 13.2 Å². The van der Waals surface area contributed by atoms with Crippen molar-refractivity contribution in [2.24, 2.45) is 0 Å². The number of ether oxygens (including phenoxy) is 2. The van der Waals surface area contributed by atoms with Crippen molar-refractivity contribution in [2.45, 2.75) is 12.8 Å². The maximum Gasteiger partial charge on any atom is 0.573 e. The van der Waals surface area contributed by atoms with Crippen LogP contribution < -0.4 is 9.47 Å². The first kappa shape index (κ1) is 14.2. The highest BCUT2D eigenvalue weighted by Crippen LogP contribution is 2.40. The van der Waals surface area contributed by atoms with Gasteiger partial charge >= 0.3 is 6.36 Å². The minimum Gasteiger partial charge on any atom is -0.492 e. The number of methoxy groups -OCH3 is 1. The van der Waals surface area contributed by atoms with Crippen LogP contribution in [-0.4, -0.2) is 18.5 Å². The van der Waals surface area contributed by atoms with Crippen molar-refractivity contribution in [1.82, 2.24) is 4.98 Å². The summed E-state index contributed by atoms with van der Waals surface area (Å²) in [6, 6.07) is 0. The van der Waals surface area contributed by atoms with Crippen LogP contribution in [0.2, 0.25) is 0 Å². The summed E-state index contributed by atoms with van der Waals surface area (Å²) in [7, 11) is 0.973. The molecule has 0 radical (unpaired) electrons. The third-order valence-corrected chi connectivity index (χ3v) is 2.49. The molecule has 0 atom stereocenters. The van der Waals surface area contributed by atoms with Gasteiger partial charge in [-0.25, -0.2) is 13.8 Å². The molecule has 0 aromatic carbocycles. The number of pyridine rings is 1. The topological polar surface area (TPSA) is 31.4 Å². The molecule has 3 nitrogen and oxygen atoms in total. The molecule has 0 bridgehead atoms. The molecule has 0 aliphatic carbocycles. The molecule has 0 saturated heterocycles. The number of aromatic nitrogens is 1. The summed E-state index contributed by atoms with van der Waals surface area (Å²) >= 11 is 1.47. The fourth-order valence-electron chi connectivity index (χ4n) is 1.07. The van der Waals surface area contributed by atoms with E-state index in [0.29, 0.717) is 6.20 Å². The second kappa shape index (κ2) is 5.19. The Morgan fingerprint density at radius 2 is 1.94 bits per heavy atom. The minimum absolute atomic E-state index is 0.149. The largest absolute Gasteiger partial charge is 0.573 e. The van der Waals surface area contributed by atoms with Gasteiger partial charge in [-0.3, -0.25) is 0 Å². The summed E-state index contributed by atoms with van der Waals surface area (Å²) in [6.45, 7) is 0. The molecule has 0 saturated carbocycles. The predicted octanol–water partition coefficient (Wildman–Crippen LogP) is 3.53. The molecule has 96 valence electrons. The molecule has 1 heterocycles. The molecule has 1 aromatic rings. The molecule has 17 heavy (non-hydrogen) atoms. The Labute approximate surface area is 106 Å². The zero-order chi connectivity index (χ0) is 13.2. The zero-order valence-electron chi connectivity index (χ0n) is 8.19. The highest BCUT2D eigenvalue weighted by Gasteiger charge is 2.34. The van der Waals surface area contributed by atoms with Crippen LogP contribution in [0.5, 0.6) is 11.5 Å². The van der Waals surface area contributed by atoms with Crippen LogP contribution in [-0.2, 0) is 0 Å². The summed E-state index contributed by atoms with van der Waals surface area (Å²) in [5.41, 5.74) is -0.727. The van der Waals surface area contributed by atoms with Gasteiger partial charge in [0, 0.05) is 0 Å². The maximum absolute atomic E-state index is 12.6. The van der Waals surface area contributed by atoms with E-state index < -0.39 is 29.9 Å². The van der Waals surface area contributed by atoms with Crippen LogP contribution >= 0.6 is 22.6 Å². The van der Waals surface area contributed by atoms with Crippen LogP contribution in [0, 0.1) is 3.70 Å². The predicted molar refractivity (Wildman–Crippen MR) is 55.1 cm³/mol. The molecule has 9 heteroatoms. The highest BCUT2D eigenvalue weighted by atomic mass is 127.